The zero-order valence-corrected chi connectivity index (χ0v) is 9.32. The zero-order chi connectivity index (χ0) is 11.1. The number of hydrogen-bond acceptors (Lipinski definition) is 4. The predicted octanol–water partition coefficient (Wildman–Crippen LogP) is 1.15. The average molecular weight is 273 g/mol. The fraction of sp³-hybridized carbons (Fsp3) is 0.333. The molecule has 1 heterocycles. The Morgan fingerprint density at radius 2 is 2.20 bits per heavy atom. The van der Waals surface area contributed by atoms with Gasteiger partial charge in [-0.05, 0) is 27.6 Å². The van der Waals surface area contributed by atoms with Crippen LogP contribution in [0.5, 0.6) is 0 Å². The van der Waals surface area contributed by atoms with Crippen LogP contribution in [0.25, 0.3) is 0 Å². The lowest BCUT2D eigenvalue weighted by atomic mass is 9.88. The average Bonchev–Trinajstić information content (AvgIpc) is 2.14. The van der Waals surface area contributed by atoms with E-state index in [9.17, 15) is 15.2 Å². The minimum absolute atomic E-state index is 0.0205. The van der Waals surface area contributed by atoms with Crippen LogP contribution < -0.4 is 5.32 Å². The highest BCUT2D eigenvalue weighted by atomic mass is 79.9. The summed E-state index contributed by atoms with van der Waals surface area (Å²) in [6.07, 6.45) is 0. The topological polar surface area (TPSA) is 75.4 Å². The van der Waals surface area contributed by atoms with Gasteiger partial charge in [-0.15, -0.1) is 0 Å². The molecular formula is C9H9BrN2O3. The van der Waals surface area contributed by atoms with Gasteiger partial charge in [0.25, 0.3) is 5.69 Å². The lowest BCUT2D eigenvalue weighted by Crippen LogP contribution is -2.56. The molecule has 6 heteroatoms. The number of halogens is 1. The fourth-order valence-corrected chi connectivity index (χ4v) is 1.90. The lowest BCUT2D eigenvalue weighted by molar-refractivity contribution is -0.385. The summed E-state index contributed by atoms with van der Waals surface area (Å²) in [7, 11) is 0. The van der Waals surface area contributed by atoms with Gasteiger partial charge in [-0.25, -0.2) is 0 Å². The third-order valence-electron chi connectivity index (χ3n) is 2.52. The molecule has 0 spiro atoms. The Bertz CT molecular complexity index is 418. The summed E-state index contributed by atoms with van der Waals surface area (Å²) in [5, 5.41) is 23.6. The van der Waals surface area contributed by atoms with Crippen LogP contribution in [-0.4, -0.2) is 23.1 Å². The van der Waals surface area contributed by atoms with Crippen molar-refractivity contribution in [2.75, 3.05) is 13.1 Å². The molecule has 0 radical (unpaired) electrons. The Labute approximate surface area is 94.4 Å². The molecule has 15 heavy (non-hydrogen) atoms. The van der Waals surface area contributed by atoms with Crippen LogP contribution in [0.3, 0.4) is 0 Å². The van der Waals surface area contributed by atoms with E-state index in [0.717, 1.165) is 0 Å². The summed E-state index contributed by atoms with van der Waals surface area (Å²) < 4.78 is 0.423. The van der Waals surface area contributed by atoms with Crippen molar-refractivity contribution in [1.29, 1.82) is 0 Å². The Balaban J connectivity index is 2.42. The predicted molar refractivity (Wildman–Crippen MR) is 57.6 cm³/mol. The van der Waals surface area contributed by atoms with Crippen LogP contribution in [0, 0.1) is 10.1 Å². The molecule has 0 aliphatic carbocycles. The summed E-state index contributed by atoms with van der Waals surface area (Å²) in [5.41, 5.74) is -0.394. The number of benzene rings is 1. The summed E-state index contributed by atoms with van der Waals surface area (Å²) >= 11 is 3.10. The van der Waals surface area contributed by atoms with Gasteiger partial charge in [-0.2, -0.15) is 0 Å². The molecule has 1 aliphatic heterocycles. The van der Waals surface area contributed by atoms with Gasteiger partial charge in [0.05, 0.1) is 9.40 Å². The molecule has 0 atom stereocenters. The smallest absolute Gasteiger partial charge is 0.283 e. The molecule has 1 aromatic rings. The number of rotatable bonds is 2. The van der Waals surface area contributed by atoms with Crippen molar-refractivity contribution in [2.24, 2.45) is 0 Å². The molecule has 1 fully saturated rings. The third kappa shape index (κ3) is 1.75. The first kappa shape index (κ1) is 10.5. The van der Waals surface area contributed by atoms with E-state index in [1.807, 2.05) is 0 Å². The Hall–Kier alpha value is -0.980. The van der Waals surface area contributed by atoms with Crippen LogP contribution in [-0.2, 0) is 5.60 Å². The molecule has 1 saturated heterocycles. The normalized spacial score (nSPS) is 18.3. The Morgan fingerprint density at radius 3 is 2.67 bits per heavy atom. The van der Waals surface area contributed by atoms with Crippen LogP contribution in [0.2, 0.25) is 0 Å². The number of aliphatic hydroxyl groups is 1. The van der Waals surface area contributed by atoms with E-state index < -0.39 is 10.5 Å². The molecule has 2 rings (SSSR count). The van der Waals surface area contributed by atoms with Gasteiger partial charge in [0.1, 0.15) is 5.60 Å². The van der Waals surface area contributed by atoms with Crippen LogP contribution >= 0.6 is 15.9 Å². The highest BCUT2D eigenvalue weighted by molar-refractivity contribution is 9.10. The summed E-state index contributed by atoms with van der Waals surface area (Å²) in [4.78, 5) is 10.2. The number of hydrogen-bond donors (Lipinski definition) is 2. The largest absolute Gasteiger partial charge is 0.382 e. The lowest BCUT2D eigenvalue weighted by Gasteiger charge is -2.37. The maximum Gasteiger partial charge on any atom is 0.283 e. The van der Waals surface area contributed by atoms with E-state index in [2.05, 4.69) is 21.2 Å². The van der Waals surface area contributed by atoms with Crippen LogP contribution in [0.4, 0.5) is 5.69 Å². The molecule has 0 saturated carbocycles. The highest BCUT2D eigenvalue weighted by Gasteiger charge is 2.37. The van der Waals surface area contributed by atoms with Crippen molar-refractivity contribution in [3.63, 3.8) is 0 Å². The van der Waals surface area contributed by atoms with Gasteiger partial charge < -0.3 is 10.4 Å². The van der Waals surface area contributed by atoms with Crippen molar-refractivity contribution in [1.82, 2.24) is 5.32 Å². The van der Waals surface area contributed by atoms with E-state index in [1.165, 1.54) is 6.07 Å². The van der Waals surface area contributed by atoms with Gasteiger partial charge >= 0.3 is 0 Å². The van der Waals surface area contributed by atoms with E-state index in [1.54, 1.807) is 12.1 Å². The Morgan fingerprint density at radius 1 is 1.53 bits per heavy atom. The molecule has 0 unspecified atom stereocenters. The molecule has 1 aromatic carbocycles. The van der Waals surface area contributed by atoms with E-state index in [4.69, 9.17) is 0 Å². The standard InChI is InChI=1S/C9H9BrN2O3/c10-7-2-1-6(3-8(7)12(14)15)9(13)4-11-5-9/h1-3,11,13H,4-5H2. The Kier molecular flexibility index (Phi) is 2.49. The van der Waals surface area contributed by atoms with E-state index in [-0.39, 0.29) is 5.69 Å². The molecule has 0 aromatic heterocycles. The fourth-order valence-electron chi connectivity index (χ4n) is 1.51. The van der Waals surface area contributed by atoms with Crippen molar-refractivity contribution in [2.45, 2.75) is 5.60 Å². The monoisotopic (exact) mass is 272 g/mol. The van der Waals surface area contributed by atoms with Gasteiger partial charge in [-0.3, -0.25) is 10.1 Å². The molecule has 0 bridgehead atoms. The minimum atomic E-state index is -0.953. The van der Waals surface area contributed by atoms with Gasteiger partial charge in [0.15, 0.2) is 0 Å². The van der Waals surface area contributed by atoms with E-state index in [0.29, 0.717) is 23.1 Å². The number of nitro groups is 1. The quantitative estimate of drug-likeness (QED) is 0.626. The first-order valence-electron chi connectivity index (χ1n) is 4.40. The number of nitrogens with one attached hydrogen (secondary N) is 1. The van der Waals surface area contributed by atoms with Gasteiger partial charge in [0, 0.05) is 19.2 Å². The molecule has 2 N–H and O–H groups in total. The maximum absolute atomic E-state index is 10.7. The summed E-state index contributed by atoms with van der Waals surface area (Å²) in [5.74, 6) is 0. The van der Waals surface area contributed by atoms with Crippen molar-refractivity contribution in [3.05, 3.63) is 38.3 Å². The van der Waals surface area contributed by atoms with Crippen molar-refractivity contribution < 1.29 is 10.0 Å². The first-order chi connectivity index (χ1) is 7.03. The van der Waals surface area contributed by atoms with Crippen LogP contribution in [0.1, 0.15) is 5.56 Å². The third-order valence-corrected chi connectivity index (χ3v) is 3.19. The number of nitro benzene ring substituents is 1. The summed E-state index contributed by atoms with van der Waals surface area (Å²) in [6, 6.07) is 4.69. The van der Waals surface area contributed by atoms with Gasteiger partial charge in [-0.1, -0.05) is 6.07 Å². The molecule has 5 nitrogen and oxygen atoms in total. The first-order valence-corrected chi connectivity index (χ1v) is 5.20. The number of nitrogens with zero attached hydrogens (tertiary/aromatic N) is 1. The maximum atomic E-state index is 10.7. The molecule has 80 valence electrons. The van der Waals surface area contributed by atoms with E-state index >= 15 is 0 Å². The summed E-state index contributed by atoms with van der Waals surface area (Å²) in [6.45, 7) is 0.873. The highest BCUT2D eigenvalue weighted by Crippen LogP contribution is 2.32. The number of β-amino-alcohol motifs (C(OH)–C–C–N with tert-alkyl or cyclic N) is 1. The van der Waals surface area contributed by atoms with Crippen molar-refractivity contribution in [3.8, 4) is 0 Å². The minimum Gasteiger partial charge on any atom is -0.382 e. The second kappa shape index (κ2) is 3.55. The molecular weight excluding hydrogens is 264 g/mol. The second-order valence-electron chi connectivity index (χ2n) is 3.56. The van der Waals surface area contributed by atoms with Gasteiger partial charge in [0.2, 0.25) is 0 Å². The molecule has 0 amide bonds. The van der Waals surface area contributed by atoms with Crippen molar-refractivity contribution >= 4 is 21.6 Å². The van der Waals surface area contributed by atoms with Crippen LogP contribution in [0.15, 0.2) is 22.7 Å². The SMILES string of the molecule is O=[N+]([O-])c1cc(C2(O)CNC2)ccc1Br. The molecule has 1 aliphatic rings. The second-order valence-corrected chi connectivity index (χ2v) is 4.41. The zero-order valence-electron chi connectivity index (χ0n) is 7.74.